The van der Waals surface area contributed by atoms with Gasteiger partial charge in [0.15, 0.2) is 17.3 Å². The molecule has 5 heteroatoms. The minimum absolute atomic E-state index is 0.264. The van der Waals surface area contributed by atoms with Crippen molar-refractivity contribution in [1.29, 1.82) is 5.26 Å². The van der Waals surface area contributed by atoms with Gasteiger partial charge in [0.2, 0.25) is 0 Å². The maximum atomic E-state index is 13.0. The second kappa shape index (κ2) is 5.23. The van der Waals surface area contributed by atoms with Crippen LogP contribution in [0, 0.1) is 23.0 Å². The molecule has 2 aromatic rings. The number of halogens is 2. The van der Waals surface area contributed by atoms with E-state index in [0.29, 0.717) is 11.3 Å². The molecule has 1 heterocycles. The van der Waals surface area contributed by atoms with Gasteiger partial charge >= 0.3 is 0 Å². The van der Waals surface area contributed by atoms with E-state index < -0.39 is 11.6 Å². The zero-order valence-electron chi connectivity index (χ0n) is 9.32. The molecule has 0 unspecified atom stereocenters. The van der Waals surface area contributed by atoms with Gasteiger partial charge in [-0.05, 0) is 29.8 Å². The van der Waals surface area contributed by atoms with Gasteiger partial charge < -0.3 is 5.32 Å². The van der Waals surface area contributed by atoms with E-state index in [1.54, 1.807) is 12.1 Å². The Morgan fingerprint density at radius 1 is 1.22 bits per heavy atom. The number of nitrogens with one attached hydrogen (secondary N) is 1. The molecule has 0 atom stereocenters. The maximum Gasteiger partial charge on any atom is 0.163 e. The molecule has 2 rings (SSSR count). The van der Waals surface area contributed by atoms with E-state index in [0.717, 1.165) is 12.1 Å². The summed E-state index contributed by atoms with van der Waals surface area (Å²) in [7, 11) is 0. The van der Waals surface area contributed by atoms with Crippen molar-refractivity contribution in [3.63, 3.8) is 0 Å². The van der Waals surface area contributed by atoms with Crippen LogP contribution in [0.4, 0.5) is 14.5 Å². The molecule has 0 spiro atoms. The van der Waals surface area contributed by atoms with Crippen LogP contribution in [0.1, 0.15) is 11.3 Å². The largest absolute Gasteiger partial charge is 0.379 e. The summed E-state index contributed by atoms with van der Waals surface area (Å²) < 4.78 is 25.7. The molecular formula is C13H9F2N3. The van der Waals surface area contributed by atoms with E-state index in [1.807, 2.05) is 6.07 Å². The third kappa shape index (κ3) is 2.61. The molecule has 90 valence electrons. The second-order valence-corrected chi connectivity index (χ2v) is 3.61. The minimum Gasteiger partial charge on any atom is -0.379 e. The standard InChI is InChI=1S/C13H9F2N3/c14-10-4-3-9(6-11(10)15)8-18-12-2-1-5-17-13(12)7-16/h1-6,18H,8H2. The molecule has 1 N–H and O–H groups in total. The zero-order chi connectivity index (χ0) is 13.0. The molecule has 0 aliphatic carbocycles. The summed E-state index contributed by atoms with van der Waals surface area (Å²) in [6.45, 7) is 0.289. The third-order valence-corrected chi connectivity index (χ3v) is 2.38. The topological polar surface area (TPSA) is 48.7 Å². The average molecular weight is 245 g/mol. The van der Waals surface area contributed by atoms with Crippen LogP contribution >= 0.6 is 0 Å². The van der Waals surface area contributed by atoms with Crippen molar-refractivity contribution in [2.45, 2.75) is 6.54 Å². The van der Waals surface area contributed by atoms with Gasteiger partial charge in [-0.25, -0.2) is 13.8 Å². The van der Waals surface area contributed by atoms with Crippen LogP contribution in [0.2, 0.25) is 0 Å². The van der Waals surface area contributed by atoms with Crippen LogP contribution in [-0.2, 0) is 6.54 Å². The first-order chi connectivity index (χ1) is 8.70. The molecule has 0 saturated carbocycles. The van der Waals surface area contributed by atoms with Crippen LogP contribution in [0.25, 0.3) is 0 Å². The summed E-state index contributed by atoms with van der Waals surface area (Å²) in [4.78, 5) is 3.88. The van der Waals surface area contributed by atoms with Gasteiger partial charge in [-0.2, -0.15) is 5.26 Å². The summed E-state index contributed by atoms with van der Waals surface area (Å²) in [5.41, 5.74) is 1.41. The highest BCUT2D eigenvalue weighted by Gasteiger charge is 2.04. The van der Waals surface area contributed by atoms with Gasteiger partial charge in [0.25, 0.3) is 0 Å². The van der Waals surface area contributed by atoms with E-state index in [4.69, 9.17) is 5.26 Å². The molecule has 1 aromatic heterocycles. The van der Waals surface area contributed by atoms with Crippen molar-refractivity contribution in [3.05, 3.63) is 59.4 Å². The summed E-state index contributed by atoms with van der Waals surface area (Å²) in [5, 5.41) is 11.8. The molecule has 0 bridgehead atoms. The SMILES string of the molecule is N#Cc1ncccc1NCc1ccc(F)c(F)c1. The Morgan fingerprint density at radius 3 is 2.78 bits per heavy atom. The lowest BCUT2D eigenvalue weighted by atomic mass is 10.2. The van der Waals surface area contributed by atoms with Gasteiger partial charge in [0.05, 0.1) is 5.69 Å². The minimum atomic E-state index is -0.888. The van der Waals surface area contributed by atoms with E-state index in [9.17, 15) is 8.78 Å². The number of nitrogens with zero attached hydrogens (tertiary/aromatic N) is 2. The van der Waals surface area contributed by atoms with Gasteiger partial charge in [-0.3, -0.25) is 0 Å². The van der Waals surface area contributed by atoms with E-state index in [1.165, 1.54) is 12.3 Å². The number of nitriles is 1. The van der Waals surface area contributed by atoms with Gasteiger partial charge in [0.1, 0.15) is 6.07 Å². The highest BCUT2D eigenvalue weighted by molar-refractivity contribution is 5.53. The molecule has 0 aliphatic heterocycles. The normalized spacial score (nSPS) is 9.83. The Bertz CT molecular complexity index is 605. The van der Waals surface area contributed by atoms with E-state index in [2.05, 4.69) is 10.3 Å². The van der Waals surface area contributed by atoms with Crippen molar-refractivity contribution >= 4 is 5.69 Å². The van der Waals surface area contributed by atoms with Gasteiger partial charge in [-0.15, -0.1) is 0 Å². The number of hydrogen-bond donors (Lipinski definition) is 1. The molecule has 0 amide bonds. The molecule has 0 radical (unpaired) electrons. The van der Waals surface area contributed by atoms with Crippen molar-refractivity contribution in [2.24, 2.45) is 0 Å². The highest BCUT2D eigenvalue weighted by atomic mass is 19.2. The predicted octanol–water partition coefficient (Wildman–Crippen LogP) is 2.84. The predicted molar refractivity (Wildman–Crippen MR) is 62.6 cm³/mol. The fourth-order valence-electron chi connectivity index (χ4n) is 1.48. The first kappa shape index (κ1) is 12.0. The van der Waals surface area contributed by atoms with Crippen molar-refractivity contribution in [3.8, 4) is 6.07 Å². The molecule has 3 nitrogen and oxygen atoms in total. The van der Waals surface area contributed by atoms with Crippen molar-refractivity contribution in [1.82, 2.24) is 4.98 Å². The zero-order valence-corrected chi connectivity index (χ0v) is 9.32. The van der Waals surface area contributed by atoms with Crippen molar-refractivity contribution in [2.75, 3.05) is 5.32 Å². The Balaban J connectivity index is 2.12. The van der Waals surface area contributed by atoms with Crippen LogP contribution in [0.5, 0.6) is 0 Å². The molecule has 0 fully saturated rings. The van der Waals surface area contributed by atoms with E-state index >= 15 is 0 Å². The second-order valence-electron chi connectivity index (χ2n) is 3.61. The number of benzene rings is 1. The summed E-state index contributed by atoms with van der Waals surface area (Å²) >= 11 is 0. The van der Waals surface area contributed by atoms with Crippen LogP contribution in [0.15, 0.2) is 36.5 Å². The Labute approximate surface area is 103 Å². The maximum absolute atomic E-state index is 13.0. The Morgan fingerprint density at radius 2 is 2.06 bits per heavy atom. The number of hydrogen-bond acceptors (Lipinski definition) is 3. The molecule has 1 aromatic carbocycles. The lowest BCUT2D eigenvalue weighted by Crippen LogP contribution is -2.03. The molecule has 0 aliphatic rings. The van der Waals surface area contributed by atoms with Crippen LogP contribution in [-0.4, -0.2) is 4.98 Å². The number of rotatable bonds is 3. The van der Waals surface area contributed by atoms with Crippen LogP contribution < -0.4 is 5.32 Å². The lowest BCUT2D eigenvalue weighted by Gasteiger charge is -2.07. The molecular weight excluding hydrogens is 236 g/mol. The number of pyridine rings is 1. The summed E-state index contributed by atoms with van der Waals surface area (Å²) in [6, 6.07) is 9.00. The quantitative estimate of drug-likeness (QED) is 0.904. The lowest BCUT2D eigenvalue weighted by molar-refractivity contribution is 0.507. The Kier molecular flexibility index (Phi) is 3.49. The Hall–Kier alpha value is -2.48. The van der Waals surface area contributed by atoms with Crippen LogP contribution in [0.3, 0.4) is 0 Å². The average Bonchev–Trinajstić information content (AvgIpc) is 2.40. The smallest absolute Gasteiger partial charge is 0.163 e. The van der Waals surface area contributed by atoms with Gasteiger partial charge in [-0.1, -0.05) is 6.07 Å². The first-order valence-electron chi connectivity index (χ1n) is 5.23. The monoisotopic (exact) mass is 245 g/mol. The first-order valence-corrected chi connectivity index (χ1v) is 5.23. The van der Waals surface area contributed by atoms with E-state index in [-0.39, 0.29) is 12.2 Å². The fraction of sp³-hybridized carbons (Fsp3) is 0.0769. The van der Waals surface area contributed by atoms with Gasteiger partial charge in [0, 0.05) is 12.7 Å². The fourth-order valence-corrected chi connectivity index (χ4v) is 1.48. The summed E-state index contributed by atoms with van der Waals surface area (Å²) in [6.07, 6.45) is 1.52. The summed E-state index contributed by atoms with van der Waals surface area (Å²) in [5.74, 6) is -1.76. The number of aromatic nitrogens is 1. The van der Waals surface area contributed by atoms with Crippen molar-refractivity contribution < 1.29 is 8.78 Å². The molecule has 0 saturated heterocycles. The third-order valence-electron chi connectivity index (χ3n) is 2.38. The highest BCUT2D eigenvalue weighted by Crippen LogP contribution is 2.14. The molecule has 18 heavy (non-hydrogen) atoms. The number of anilines is 1.